The van der Waals surface area contributed by atoms with Crippen molar-refractivity contribution in [3.8, 4) is 5.75 Å². The normalized spacial score (nSPS) is 17.3. The van der Waals surface area contributed by atoms with Crippen molar-refractivity contribution in [3.05, 3.63) is 29.8 Å². The number of hydrogen-bond acceptors (Lipinski definition) is 4. The molecule has 1 aromatic rings. The molecule has 1 aliphatic heterocycles. The Hall–Kier alpha value is -1.79. The molecule has 6 nitrogen and oxygen atoms in total. The molecule has 1 heterocycles. The third kappa shape index (κ3) is 7.62. The van der Waals surface area contributed by atoms with E-state index in [1.807, 2.05) is 25.1 Å². The molecule has 0 bridgehead atoms. The Bertz CT molecular complexity index is 531. The number of hydrogen-bond donors (Lipinski definition) is 2. The van der Waals surface area contributed by atoms with Gasteiger partial charge in [0.15, 0.2) is 5.96 Å². The van der Waals surface area contributed by atoms with Crippen LogP contribution >= 0.6 is 0 Å². The number of para-hydroxylation sites is 1. The van der Waals surface area contributed by atoms with Gasteiger partial charge in [-0.1, -0.05) is 18.2 Å². The fourth-order valence-electron chi connectivity index (χ4n) is 2.78. The molecule has 26 heavy (non-hydrogen) atoms. The molecule has 1 saturated heterocycles. The summed E-state index contributed by atoms with van der Waals surface area (Å²) in [5.74, 6) is 2.30. The Morgan fingerprint density at radius 1 is 1.27 bits per heavy atom. The van der Waals surface area contributed by atoms with Crippen LogP contribution in [0.4, 0.5) is 0 Å². The molecule has 0 amide bonds. The number of benzene rings is 1. The SMILES string of the molecule is CCNC(=NCc1ccccc1OCC)NCCCOCC1CCOC1. The van der Waals surface area contributed by atoms with E-state index in [1.54, 1.807) is 0 Å². The standard InChI is InChI=1S/C20H33N3O3/c1-3-21-20(22-11-7-12-24-15-17-10-13-25-16-17)23-14-18-8-5-6-9-19(18)26-4-2/h5-6,8-9,17H,3-4,7,10-16H2,1-2H3,(H2,21,22,23). The van der Waals surface area contributed by atoms with Gasteiger partial charge in [0.25, 0.3) is 0 Å². The molecule has 1 atom stereocenters. The molecule has 1 aliphatic rings. The summed E-state index contributed by atoms with van der Waals surface area (Å²) in [4.78, 5) is 4.66. The van der Waals surface area contributed by atoms with E-state index in [9.17, 15) is 0 Å². The minimum atomic E-state index is 0.576. The van der Waals surface area contributed by atoms with Crippen LogP contribution in [0.1, 0.15) is 32.3 Å². The van der Waals surface area contributed by atoms with Crippen LogP contribution in [-0.2, 0) is 16.0 Å². The van der Waals surface area contributed by atoms with Gasteiger partial charge in [0.1, 0.15) is 5.75 Å². The number of nitrogens with zero attached hydrogens (tertiary/aromatic N) is 1. The van der Waals surface area contributed by atoms with Gasteiger partial charge in [0, 0.05) is 37.8 Å². The van der Waals surface area contributed by atoms with E-state index >= 15 is 0 Å². The van der Waals surface area contributed by atoms with Crippen molar-refractivity contribution in [2.24, 2.45) is 10.9 Å². The summed E-state index contributed by atoms with van der Waals surface area (Å²) in [6.07, 6.45) is 2.08. The molecule has 0 spiro atoms. The van der Waals surface area contributed by atoms with Crippen LogP contribution in [0.25, 0.3) is 0 Å². The fraction of sp³-hybridized carbons (Fsp3) is 0.650. The van der Waals surface area contributed by atoms with Gasteiger partial charge in [-0.2, -0.15) is 0 Å². The average Bonchev–Trinajstić information content (AvgIpc) is 3.17. The smallest absolute Gasteiger partial charge is 0.191 e. The van der Waals surface area contributed by atoms with Gasteiger partial charge in [0.2, 0.25) is 0 Å². The Balaban J connectivity index is 1.70. The Morgan fingerprint density at radius 2 is 2.15 bits per heavy atom. The molecular formula is C20H33N3O3. The largest absolute Gasteiger partial charge is 0.494 e. The van der Waals surface area contributed by atoms with Gasteiger partial charge in [-0.05, 0) is 32.8 Å². The molecule has 0 radical (unpaired) electrons. The third-order valence-electron chi connectivity index (χ3n) is 4.16. The van der Waals surface area contributed by atoms with Crippen molar-refractivity contribution in [1.82, 2.24) is 10.6 Å². The Morgan fingerprint density at radius 3 is 2.92 bits per heavy atom. The van der Waals surface area contributed by atoms with Crippen LogP contribution in [-0.4, -0.2) is 52.1 Å². The Kier molecular flexibility index (Phi) is 9.90. The lowest BCUT2D eigenvalue weighted by atomic mass is 10.1. The van der Waals surface area contributed by atoms with E-state index in [-0.39, 0.29) is 0 Å². The summed E-state index contributed by atoms with van der Waals surface area (Å²) in [6, 6.07) is 8.04. The summed E-state index contributed by atoms with van der Waals surface area (Å²) < 4.78 is 16.8. The zero-order valence-corrected chi connectivity index (χ0v) is 16.1. The third-order valence-corrected chi connectivity index (χ3v) is 4.16. The predicted molar refractivity (Wildman–Crippen MR) is 105 cm³/mol. The van der Waals surface area contributed by atoms with Crippen molar-refractivity contribution in [2.75, 3.05) is 46.1 Å². The molecule has 0 aliphatic carbocycles. The molecule has 0 aromatic heterocycles. The molecule has 1 unspecified atom stereocenters. The molecule has 2 rings (SSSR count). The highest BCUT2D eigenvalue weighted by Crippen LogP contribution is 2.18. The number of guanidine groups is 1. The molecule has 146 valence electrons. The average molecular weight is 364 g/mol. The maximum absolute atomic E-state index is 5.73. The van der Waals surface area contributed by atoms with E-state index in [2.05, 4.69) is 28.6 Å². The maximum atomic E-state index is 5.73. The van der Waals surface area contributed by atoms with Gasteiger partial charge in [-0.15, -0.1) is 0 Å². The maximum Gasteiger partial charge on any atom is 0.191 e. The molecule has 1 aromatic carbocycles. The molecule has 0 saturated carbocycles. The molecular weight excluding hydrogens is 330 g/mol. The van der Waals surface area contributed by atoms with Crippen LogP contribution in [0.5, 0.6) is 5.75 Å². The highest BCUT2D eigenvalue weighted by molar-refractivity contribution is 5.79. The quantitative estimate of drug-likeness (QED) is 0.359. The first-order valence-electron chi connectivity index (χ1n) is 9.71. The Labute approximate surface area is 157 Å². The van der Waals surface area contributed by atoms with E-state index < -0.39 is 0 Å². The van der Waals surface area contributed by atoms with Gasteiger partial charge in [0.05, 0.1) is 26.4 Å². The van der Waals surface area contributed by atoms with Gasteiger partial charge in [-0.3, -0.25) is 0 Å². The van der Waals surface area contributed by atoms with Crippen molar-refractivity contribution >= 4 is 5.96 Å². The zero-order valence-electron chi connectivity index (χ0n) is 16.1. The lowest BCUT2D eigenvalue weighted by Gasteiger charge is -2.13. The second-order valence-electron chi connectivity index (χ2n) is 6.32. The lowest BCUT2D eigenvalue weighted by Crippen LogP contribution is -2.38. The van der Waals surface area contributed by atoms with Crippen LogP contribution in [0, 0.1) is 5.92 Å². The van der Waals surface area contributed by atoms with Crippen LogP contribution in [0.15, 0.2) is 29.3 Å². The topological polar surface area (TPSA) is 64.1 Å². The van der Waals surface area contributed by atoms with Crippen molar-refractivity contribution in [2.45, 2.75) is 33.2 Å². The molecule has 2 N–H and O–H groups in total. The number of aliphatic imine (C=N–C) groups is 1. The van der Waals surface area contributed by atoms with Crippen LogP contribution in [0.2, 0.25) is 0 Å². The van der Waals surface area contributed by atoms with Gasteiger partial charge in [-0.25, -0.2) is 4.99 Å². The van der Waals surface area contributed by atoms with E-state index in [0.29, 0.717) is 19.1 Å². The molecule has 6 heteroatoms. The van der Waals surface area contributed by atoms with E-state index in [1.165, 1.54) is 0 Å². The first kappa shape index (κ1) is 20.5. The lowest BCUT2D eigenvalue weighted by molar-refractivity contribution is 0.0888. The van der Waals surface area contributed by atoms with Gasteiger partial charge < -0.3 is 24.8 Å². The van der Waals surface area contributed by atoms with Gasteiger partial charge >= 0.3 is 0 Å². The second kappa shape index (κ2) is 12.5. The van der Waals surface area contributed by atoms with E-state index in [4.69, 9.17) is 14.2 Å². The second-order valence-corrected chi connectivity index (χ2v) is 6.32. The van der Waals surface area contributed by atoms with Crippen molar-refractivity contribution in [1.29, 1.82) is 0 Å². The zero-order chi connectivity index (χ0) is 18.5. The minimum absolute atomic E-state index is 0.576. The minimum Gasteiger partial charge on any atom is -0.494 e. The van der Waals surface area contributed by atoms with E-state index in [0.717, 1.165) is 69.6 Å². The van der Waals surface area contributed by atoms with Crippen molar-refractivity contribution < 1.29 is 14.2 Å². The first-order chi connectivity index (χ1) is 12.8. The van der Waals surface area contributed by atoms with Crippen LogP contribution in [0.3, 0.4) is 0 Å². The number of rotatable bonds is 11. The fourth-order valence-corrected chi connectivity index (χ4v) is 2.78. The van der Waals surface area contributed by atoms with Crippen molar-refractivity contribution in [3.63, 3.8) is 0 Å². The highest BCUT2D eigenvalue weighted by Gasteiger charge is 2.15. The predicted octanol–water partition coefficient (Wildman–Crippen LogP) is 2.58. The van der Waals surface area contributed by atoms with Crippen LogP contribution < -0.4 is 15.4 Å². The highest BCUT2D eigenvalue weighted by atomic mass is 16.5. The summed E-state index contributed by atoms with van der Waals surface area (Å²) in [7, 11) is 0. The first-order valence-corrected chi connectivity index (χ1v) is 9.71. The summed E-state index contributed by atoms with van der Waals surface area (Å²) in [5.41, 5.74) is 1.09. The summed E-state index contributed by atoms with van der Waals surface area (Å²) in [5, 5.41) is 6.64. The number of nitrogens with one attached hydrogen (secondary N) is 2. The number of ether oxygens (including phenoxy) is 3. The molecule has 1 fully saturated rings. The monoisotopic (exact) mass is 363 g/mol. The summed E-state index contributed by atoms with van der Waals surface area (Å²) >= 11 is 0. The summed E-state index contributed by atoms with van der Waals surface area (Å²) in [6.45, 7) is 10.3.